The number of rotatable bonds is 4. The summed E-state index contributed by atoms with van der Waals surface area (Å²) >= 11 is 0. The number of aryl methyl sites for hydroxylation is 1. The smallest absolute Gasteiger partial charge is 0.257 e. The molecule has 4 nitrogen and oxygen atoms in total. The standard InChI is InChI=1S/C23H34N2O2S/c1-18-13-15-20(16-14-18)28(26,27)25-24-23-17-19(2)21-11-9-7-5-3-4-6-8-10-12-22(21)23/h13-17,19,24-25H,3-12H2,1-2H3. The molecule has 28 heavy (non-hydrogen) atoms. The van der Waals surface area contributed by atoms with Crippen LogP contribution in [0.2, 0.25) is 0 Å². The van der Waals surface area contributed by atoms with Crippen molar-refractivity contribution in [2.45, 2.75) is 83.0 Å². The van der Waals surface area contributed by atoms with Crippen LogP contribution in [0.25, 0.3) is 0 Å². The van der Waals surface area contributed by atoms with Crippen molar-refractivity contribution < 1.29 is 8.42 Å². The Hall–Kier alpha value is -1.59. The summed E-state index contributed by atoms with van der Waals surface area (Å²) in [5, 5.41) is 0. The average molecular weight is 403 g/mol. The summed E-state index contributed by atoms with van der Waals surface area (Å²) in [4.78, 5) is 2.88. The minimum Gasteiger partial charge on any atom is -0.308 e. The number of sulfonamides is 1. The molecule has 0 aliphatic heterocycles. The molecule has 3 rings (SSSR count). The van der Waals surface area contributed by atoms with E-state index in [-0.39, 0.29) is 4.90 Å². The predicted octanol–water partition coefficient (Wildman–Crippen LogP) is 5.52. The molecule has 0 fully saturated rings. The van der Waals surface area contributed by atoms with E-state index in [1.54, 1.807) is 12.1 Å². The predicted molar refractivity (Wildman–Crippen MR) is 115 cm³/mol. The van der Waals surface area contributed by atoms with Gasteiger partial charge in [-0.25, -0.2) is 8.42 Å². The molecule has 0 heterocycles. The molecule has 154 valence electrons. The summed E-state index contributed by atoms with van der Waals surface area (Å²) in [5.41, 5.74) is 7.87. The normalized spacial score (nSPS) is 22.1. The van der Waals surface area contributed by atoms with Gasteiger partial charge in [-0.1, -0.05) is 74.8 Å². The van der Waals surface area contributed by atoms with Crippen molar-refractivity contribution in [3.05, 3.63) is 52.7 Å². The number of nitrogens with one attached hydrogen (secondary N) is 2. The molecule has 1 aromatic carbocycles. The Morgan fingerprint density at radius 3 is 2.07 bits per heavy atom. The van der Waals surface area contributed by atoms with Crippen LogP contribution in [0.5, 0.6) is 0 Å². The van der Waals surface area contributed by atoms with Crippen molar-refractivity contribution in [2.75, 3.05) is 0 Å². The fourth-order valence-corrected chi connectivity index (χ4v) is 5.12. The third-order valence-corrected chi connectivity index (χ3v) is 7.22. The average Bonchev–Trinajstić information content (AvgIpc) is 2.95. The van der Waals surface area contributed by atoms with Gasteiger partial charge in [0, 0.05) is 5.70 Å². The second kappa shape index (κ2) is 9.75. The highest BCUT2D eigenvalue weighted by atomic mass is 32.2. The minimum atomic E-state index is -3.58. The third-order valence-electron chi connectivity index (χ3n) is 5.95. The van der Waals surface area contributed by atoms with Crippen LogP contribution in [-0.2, 0) is 10.0 Å². The summed E-state index contributed by atoms with van der Waals surface area (Å²) in [6.07, 6.45) is 14.7. The van der Waals surface area contributed by atoms with Gasteiger partial charge in [-0.2, -0.15) is 0 Å². The zero-order valence-corrected chi connectivity index (χ0v) is 18.1. The van der Waals surface area contributed by atoms with Crippen LogP contribution in [0.3, 0.4) is 0 Å². The Morgan fingerprint density at radius 2 is 1.43 bits per heavy atom. The van der Waals surface area contributed by atoms with Crippen LogP contribution in [-0.4, -0.2) is 8.42 Å². The molecular formula is C23H34N2O2S. The summed E-state index contributed by atoms with van der Waals surface area (Å²) in [6, 6.07) is 6.93. The van der Waals surface area contributed by atoms with Gasteiger partial charge >= 0.3 is 0 Å². The quantitative estimate of drug-likeness (QED) is 0.652. The molecule has 1 aromatic rings. The number of benzene rings is 1. The van der Waals surface area contributed by atoms with Crippen LogP contribution in [0, 0.1) is 12.8 Å². The van der Waals surface area contributed by atoms with Crippen molar-refractivity contribution in [3.63, 3.8) is 0 Å². The highest BCUT2D eigenvalue weighted by Crippen LogP contribution is 2.36. The van der Waals surface area contributed by atoms with Gasteiger partial charge in [0.2, 0.25) is 0 Å². The van der Waals surface area contributed by atoms with E-state index in [2.05, 4.69) is 23.3 Å². The maximum absolute atomic E-state index is 12.6. The first-order valence-electron chi connectivity index (χ1n) is 10.8. The molecule has 5 heteroatoms. The summed E-state index contributed by atoms with van der Waals surface area (Å²) < 4.78 is 25.3. The van der Waals surface area contributed by atoms with E-state index in [1.807, 2.05) is 19.1 Å². The van der Waals surface area contributed by atoms with E-state index >= 15 is 0 Å². The van der Waals surface area contributed by atoms with Crippen molar-refractivity contribution in [3.8, 4) is 0 Å². The van der Waals surface area contributed by atoms with E-state index in [0.717, 1.165) is 24.1 Å². The van der Waals surface area contributed by atoms with Crippen LogP contribution in [0.15, 0.2) is 52.1 Å². The molecular weight excluding hydrogens is 368 g/mol. The fraction of sp³-hybridized carbons (Fsp3) is 0.565. The van der Waals surface area contributed by atoms with Gasteiger partial charge < -0.3 is 5.43 Å². The first kappa shape index (κ1) is 21.1. The highest BCUT2D eigenvalue weighted by molar-refractivity contribution is 7.89. The van der Waals surface area contributed by atoms with Crippen molar-refractivity contribution in [2.24, 2.45) is 5.92 Å². The maximum Gasteiger partial charge on any atom is 0.257 e. The summed E-state index contributed by atoms with van der Waals surface area (Å²) in [7, 11) is -3.58. The van der Waals surface area contributed by atoms with Crippen molar-refractivity contribution in [1.82, 2.24) is 10.3 Å². The van der Waals surface area contributed by atoms with E-state index in [0.29, 0.717) is 5.92 Å². The molecule has 2 N–H and O–H groups in total. The van der Waals surface area contributed by atoms with Gasteiger partial charge in [-0.15, -0.1) is 4.83 Å². The number of allylic oxidation sites excluding steroid dienone is 3. The number of hydrogen-bond donors (Lipinski definition) is 2. The molecule has 0 aromatic heterocycles. The van der Waals surface area contributed by atoms with E-state index in [4.69, 9.17) is 0 Å². The lowest BCUT2D eigenvalue weighted by molar-refractivity contribution is 0.551. The summed E-state index contributed by atoms with van der Waals surface area (Å²) in [6.45, 7) is 4.18. The highest BCUT2D eigenvalue weighted by Gasteiger charge is 2.24. The third kappa shape index (κ3) is 5.48. The van der Waals surface area contributed by atoms with Crippen LogP contribution < -0.4 is 10.3 Å². The van der Waals surface area contributed by atoms with Crippen LogP contribution >= 0.6 is 0 Å². The lowest BCUT2D eigenvalue weighted by Gasteiger charge is -2.17. The van der Waals surface area contributed by atoms with E-state index < -0.39 is 10.0 Å². The van der Waals surface area contributed by atoms with Gasteiger partial charge in [0.1, 0.15) is 0 Å². The van der Waals surface area contributed by atoms with E-state index in [1.165, 1.54) is 62.5 Å². The largest absolute Gasteiger partial charge is 0.308 e. The molecule has 0 amide bonds. The van der Waals surface area contributed by atoms with E-state index in [9.17, 15) is 8.42 Å². The Labute approximate surface area is 170 Å². The van der Waals surface area contributed by atoms with Gasteiger partial charge in [0.15, 0.2) is 0 Å². The molecule has 0 bridgehead atoms. The molecule has 2 aliphatic carbocycles. The Balaban J connectivity index is 1.71. The zero-order chi connectivity index (χ0) is 20.0. The lowest BCUT2D eigenvalue weighted by Crippen LogP contribution is -2.37. The molecule has 0 radical (unpaired) electrons. The Bertz CT molecular complexity index is 823. The number of hydrogen-bond acceptors (Lipinski definition) is 3. The number of hydrazine groups is 1. The molecule has 1 atom stereocenters. The topological polar surface area (TPSA) is 58.2 Å². The van der Waals surface area contributed by atoms with Gasteiger partial charge in [-0.05, 0) is 56.2 Å². The second-order valence-corrected chi connectivity index (χ2v) is 9.93. The van der Waals surface area contributed by atoms with Crippen molar-refractivity contribution in [1.29, 1.82) is 0 Å². The van der Waals surface area contributed by atoms with Gasteiger partial charge in [-0.3, -0.25) is 0 Å². The maximum atomic E-state index is 12.6. The van der Waals surface area contributed by atoms with Crippen molar-refractivity contribution >= 4 is 10.0 Å². The molecule has 0 spiro atoms. The minimum absolute atomic E-state index is 0.283. The molecule has 2 aliphatic rings. The Morgan fingerprint density at radius 1 is 0.857 bits per heavy atom. The zero-order valence-electron chi connectivity index (χ0n) is 17.3. The first-order chi connectivity index (χ1) is 13.5. The molecule has 1 unspecified atom stereocenters. The van der Waals surface area contributed by atoms with Gasteiger partial charge in [0.05, 0.1) is 4.90 Å². The molecule has 0 saturated carbocycles. The van der Waals surface area contributed by atoms with Gasteiger partial charge in [0.25, 0.3) is 10.0 Å². The summed E-state index contributed by atoms with van der Waals surface area (Å²) in [5.74, 6) is 0.379. The second-order valence-electron chi connectivity index (χ2n) is 8.24. The first-order valence-corrected chi connectivity index (χ1v) is 12.2. The van der Waals surface area contributed by atoms with Crippen LogP contribution in [0.1, 0.15) is 76.7 Å². The lowest BCUT2D eigenvalue weighted by atomic mass is 9.92. The molecule has 0 saturated heterocycles. The SMILES string of the molecule is Cc1ccc(S(=O)(=O)NNC2=CC(C)C3=C2CCCCCCCCCC3)cc1. The Kier molecular flexibility index (Phi) is 7.36. The van der Waals surface area contributed by atoms with Crippen LogP contribution in [0.4, 0.5) is 0 Å². The fourth-order valence-electron chi connectivity index (χ4n) is 4.27. The monoisotopic (exact) mass is 402 g/mol.